The van der Waals surface area contributed by atoms with E-state index in [9.17, 15) is 24.5 Å². The lowest BCUT2D eigenvalue weighted by atomic mass is 9.85. The van der Waals surface area contributed by atoms with Crippen molar-refractivity contribution < 1.29 is 19.3 Å². The second-order valence-corrected chi connectivity index (χ2v) is 6.93. The molecule has 1 heterocycles. The van der Waals surface area contributed by atoms with Gasteiger partial charge in [0.15, 0.2) is 0 Å². The van der Waals surface area contributed by atoms with Crippen LogP contribution in [0.1, 0.15) is 12.8 Å². The zero-order valence-electron chi connectivity index (χ0n) is 13.8. The Bertz CT molecular complexity index is 819. The molecule has 4 rings (SSSR count). The highest BCUT2D eigenvalue weighted by molar-refractivity contribution is 6.06. The lowest BCUT2D eigenvalue weighted by molar-refractivity contribution is -0.384. The number of hydrogen-bond donors (Lipinski definition) is 1. The minimum Gasteiger partial charge on any atom is -0.326 e. The first kappa shape index (κ1) is 16.4. The maximum atomic E-state index is 12.5. The average molecular weight is 355 g/mol. The molecule has 1 aromatic rings. The number of amides is 3. The molecule has 3 amide bonds. The first-order valence-electron chi connectivity index (χ1n) is 8.53. The highest BCUT2D eigenvalue weighted by Gasteiger charge is 2.58. The number of anilines is 1. The molecule has 134 valence electrons. The fourth-order valence-corrected chi connectivity index (χ4v) is 4.32. The Hall–Kier alpha value is -3.03. The summed E-state index contributed by atoms with van der Waals surface area (Å²) < 4.78 is 0. The van der Waals surface area contributed by atoms with Crippen LogP contribution in [0.25, 0.3) is 0 Å². The van der Waals surface area contributed by atoms with Crippen molar-refractivity contribution in [3.63, 3.8) is 0 Å². The van der Waals surface area contributed by atoms with Gasteiger partial charge in [0.05, 0.1) is 16.8 Å². The third kappa shape index (κ3) is 2.58. The summed E-state index contributed by atoms with van der Waals surface area (Å²) in [6.07, 6.45) is 4.88. The van der Waals surface area contributed by atoms with Gasteiger partial charge in [-0.3, -0.25) is 29.4 Å². The number of fused-ring (bicyclic) bond motifs is 5. The quantitative estimate of drug-likeness (QED) is 0.374. The van der Waals surface area contributed by atoms with Crippen molar-refractivity contribution in [3.8, 4) is 0 Å². The molecule has 2 fully saturated rings. The van der Waals surface area contributed by atoms with Crippen LogP contribution in [0.3, 0.4) is 0 Å². The van der Waals surface area contributed by atoms with Crippen LogP contribution in [0.2, 0.25) is 0 Å². The van der Waals surface area contributed by atoms with Gasteiger partial charge in [0, 0.05) is 30.8 Å². The number of rotatable bonds is 5. The minimum absolute atomic E-state index is 0.0326. The summed E-state index contributed by atoms with van der Waals surface area (Å²) >= 11 is 0. The van der Waals surface area contributed by atoms with E-state index < -0.39 is 10.8 Å². The van der Waals surface area contributed by atoms with Gasteiger partial charge in [-0.1, -0.05) is 18.2 Å². The van der Waals surface area contributed by atoms with Crippen LogP contribution in [0, 0.1) is 33.8 Å². The fourth-order valence-electron chi connectivity index (χ4n) is 4.32. The predicted molar refractivity (Wildman–Crippen MR) is 90.8 cm³/mol. The normalized spacial score (nSPS) is 28.5. The zero-order chi connectivity index (χ0) is 18.4. The maximum Gasteiger partial charge on any atom is 0.271 e. The molecule has 3 aliphatic rings. The molecule has 4 atom stereocenters. The average Bonchev–Trinajstić information content (AvgIpc) is 3.28. The number of allylic oxidation sites excluding steroid dienone is 2. The standard InChI is InChI=1S/C18H17N3O5/c22-14(19-12-2-1-3-13(9-12)21(25)26)6-7-20-17(23)15-10-4-5-11(8-10)16(15)18(20)24/h1-5,9-11,15-16H,6-8H2,(H,19,22)/t10-,11-,15-,16+/m0/s1. The van der Waals surface area contributed by atoms with E-state index in [-0.39, 0.29) is 54.1 Å². The number of carbonyl (C=O) groups is 3. The molecule has 1 aromatic carbocycles. The van der Waals surface area contributed by atoms with E-state index >= 15 is 0 Å². The lowest BCUT2D eigenvalue weighted by Gasteiger charge is -2.16. The van der Waals surface area contributed by atoms with E-state index in [2.05, 4.69) is 5.32 Å². The molecule has 1 saturated carbocycles. The van der Waals surface area contributed by atoms with Crippen LogP contribution in [-0.2, 0) is 14.4 Å². The molecule has 26 heavy (non-hydrogen) atoms. The van der Waals surface area contributed by atoms with E-state index in [4.69, 9.17) is 0 Å². The third-order valence-electron chi connectivity index (χ3n) is 5.46. The van der Waals surface area contributed by atoms with E-state index in [0.29, 0.717) is 5.69 Å². The third-order valence-corrected chi connectivity index (χ3v) is 5.46. The highest BCUT2D eigenvalue weighted by Crippen LogP contribution is 2.52. The Kier molecular flexibility index (Phi) is 3.82. The monoisotopic (exact) mass is 355 g/mol. The van der Waals surface area contributed by atoms with Crippen LogP contribution in [-0.4, -0.2) is 34.1 Å². The van der Waals surface area contributed by atoms with Crippen molar-refractivity contribution in [3.05, 3.63) is 46.5 Å². The summed E-state index contributed by atoms with van der Waals surface area (Å²) in [6.45, 7) is 0.0326. The SMILES string of the molecule is O=C(CCN1C(=O)[C@@H]2[C@H](C1=O)[C@H]1C=C[C@H]2C1)Nc1cccc([N+](=O)[O-])c1. The van der Waals surface area contributed by atoms with Crippen LogP contribution in [0.15, 0.2) is 36.4 Å². The second-order valence-electron chi connectivity index (χ2n) is 6.93. The number of nitrogens with one attached hydrogen (secondary N) is 1. The molecule has 0 spiro atoms. The molecular formula is C18H17N3O5. The van der Waals surface area contributed by atoms with Crippen LogP contribution >= 0.6 is 0 Å². The number of carbonyl (C=O) groups excluding carboxylic acids is 3. The van der Waals surface area contributed by atoms with Gasteiger partial charge in [0.25, 0.3) is 5.69 Å². The van der Waals surface area contributed by atoms with Gasteiger partial charge in [-0.2, -0.15) is 0 Å². The minimum atomic E-state index is -0.543. The number of non-ortho nitro benzene ring substituents is 1. The zero-order valence-corrected chi connectivity index (χ0v) is 13.8. The number of nitro groups is 1. The molecule has 8 heteroatoms. The number of benzene rings is 1. The van der Waals surface area contributed by atoms with Crippen molar-refractivity contribution in [2.75, 3.05) is 11.9 Å². The summed E-state index contributed by atoms with van der Waals surface area (Å²) in [4.78, 5) is 48.6. The molecule has 2 aliphatic carbocycles. The Balaban J connectivity index is 1.37. The number of imide groups is 1. The number of likely N-dealkylation sites (tertiary alicyclic amines) is 1. The summed E-state index contributed by atoms with van der Waals surface area (Å²) in [5.41, 5.74) is 0.186. The molecule has 1 N–H and O–H groups in total. The summed E-state index contributed by atoms with van der Waals surface area (Å²) in [5.74, 6) is -1.01. The van der Waals surface area contributed by atoms with Crippen LogP contribution < -0.4 is 5.32 Å². The van der Waals surface area contributed by atoms with Crippen molar-refractivity contribution in [1.29, 1.82) is 0 Å². The molecule has 1 aliphatic heterocycles. The Labute approximate surface area is 149 Å². The Morgan fingerprint density at radius 2 is 1.85 bits per heavy atom. The molecular weight excluding hydrogens is 338 g/mol. The first-order chi connectivity index (χ1) is 12.5. The first-order valence-corrected chi connectivity index (χ1v) is 8.53. The molecule has 1 saturated heterocycles. The van der Waals surface area contributed by atoms with Crippen LogP contribution in [0.5, 0.6) is 0 Å². The second kappa shape index (κ2) is 6.05. The van der Waals surface area contributed by atoms with E-state index in [0.717, 1.165) is 6.42 Å². The maximum absolute atomic E-state index is 12.5. The van der Waals surface area contributed by atoms with Gasteiger partial charge in [-0.05, 0) is 24.3 Å². The van der Waals surface area contributed by atoms with E-state index in [1.165, 1.54) is 23.1 Å². The topological polar surface area (TPSA) is 110 Å². The Morgan fingerprint density at radius 3 is 2.46 bits per heavy atom. The highest BCUT2D eigenvalue weighted by atomic mass is 16.6. The van der Waals surface area contributed by atoms with Crippen molar-refractivity contribution in [1.82, 2.24) is 4.90 Å². The van der Waals surface area contributed by atoms with Gasteiger partial charge < -0.3 is 5.32 Å². The number of nitro benzene ring substituents is 1. The molecule has 0 unspecified atom stereocenters. The lowest BCUT2D eigenvalue weighted by Crippen LogP contribution is -2.35. The summed E-state index contributed by atoms with van der Waals surface area (Å²) in [5, 5.41) is 13.3. The van der Waals surface area contributed by atoms with E-state index in [1.807, 2.05) is 12.2 Å². The van der Waals surface area contributed by atoms with Crippen molar-refractivity contribution in [2.45, 2.75) is 12.8 Å². The van der Waals surface area contributed by atoms with Gasteiger partial charge >= 0.3 is 0 Å². The van der Waals surface area contributed by atoms with Crippen molar-refractivity contribution in [2.24, 2.45) is 23.7 Å². The molecule has 0 aromatic heterocycles. The molecule has 0 radical (unpaired) electrons. The van der Waals surface area contributed by atoms with E-state index in [1.54, 1.807) is 6.07 Å². The van der Waals surface area contributed by atoms with Crippen molar-refractivity contribution >= 4 is 29.1 Å². The van der Waals surface area contributed by atoms with Gasteiger partial charge in [0.1, 0.15) is 0 Å². The van der Waals surface area contributed by atoms with Gasteiger partial charge in [-0.25, -0.2) is 0 Å². The van der Waals surface area contributed by atoms with Gasteiger partial charge in [-0.15, -0.1) is 0 Å². The summed E-state index contributed by atoms with van der Waals surface area (Å²) in [6, 6.07) is 5.62. The largest absolute Gasteiger partial charge is 0.326 e. The molecule has 2 bridgehead atoms. The molecule has 8 nitrogen and oxygen atoms in total. The number of nitrogens with zero attached hydrogens (tertiary/aromatic N) is 2. The smallest absolute Gasteiger partial charge is 0.271 e. The predicted octanol–water partition coefficient (Wildman–Crippen LogP) is 1.73. The van der Waals surface area contributed by atoms with Crippen LogP contribution in [0.4, 0.5) is 11.4 Å². The summed E-state index contributed by atoms with van der Waals surface area (Å²) in [7, 11) is 0. The van der Waals surface area contributed by atoms with Gasteiger partial charge in [0.2, 0.25) is 17.7 Å². The fraction of sp³-hybridized carbons (Fsp3) is 0.389. The number of hydrogen-bond acceptors (Lipinski definition) is 5. The Morgan fingerprint density at radius 1 is 1.19 bits per heavy atom.